The second-order valence-electron chi connectivity index (χ2n) is 24.5. The predicted molar refractivity (Wildman–Crippen MR) is 412 cm³/mol. The Morgan fingerprint density at radius 3 is 1.09 bits per heavy atom. The minimum absolute atomic E-state index is 0. The van der Waals surface area contributed by atoms with Gasteiger partial charge < -0.3 is 68.2 Å². The molecule has 0 saturated heterocycles. The van der Waals surface area contributed by atoms with Gasteiger partial charge in [0.05, 0.1) is 85.8 Å². The molecule has 22 heteroatoms. The van der Waals surface area contributed by atoms with Crippen LogP contribution in [0.15, 0.2) is 157 Å². The highest BCUT2D eigenvalue weighted by molar-refractivity contribution is 6.32. The molecule has 98 heavy (non-hydrogen) atoms. The highest BCUT2D eigenvalue weighted by Gasteiger charge is 2.25. The second-order valence-corrected chi connectivity index (χ2v) is 27.1. The molecular formula is C76H94Cl6N8O8. The van der Waals surface area contributed by atoms with Gasteiger partial charge in [-0.25, -0.2) is 0 Å². The van der Waals surface area contributed by atoms with E-state index in [1.807, 2.05) is 155 Å². The number of ether oxygens (including phenoxy) is 7. The summed E-state index contributed by atoms with van der Waals surface area (Å²) in [6.07, 6.45) is 9.84. The molecule has 528 valence electrons. The van der Waals surface area contributed by atoms with E-state index in [9.17, 15) is 0 Å². The van der Waals surface area contributed by atoms with Crippen LogP contribution in [0.1, 0.15) is 84.8 Å². The molecule has 3 aromatic heterocycles. The first-order chi connectivity index (χ1) is 47.1. The number of pyridine rings is 2. The van der Waals surface area contributed by atoms with Crippen molar-refractivity contribution in [2.24, 2.45) is 0 Å². The zero-order valence-electron chi connectivity index (χ0n) is 57.3. The monoisotopic (exact) mass is 1460 g/mol. The number of likely N-dealkylation sites (N-methyl/N-ethyl adjacent to an activating group) is 3. The van der Waals surface area contributed by atoms with Crippen LogP contribution < -0.4 is 63.8 Å². The number of aromatic nitrogens is 2. The van der Waals surface area contributed by atoms with Gasteiger partial charge in [0, 0.05) is 102 Å². The first-order valence-corrected chi connectivity index (χ1v) is 35.5. The fourth-order valence-corrected chi connectivity index (χ4v) is 12.4. The summed E-state index contributed by atoms with van der Waals surface area (Å²) < 4.78 is 44.6. The van der Waals surface area contributed by atoms with Crippen LogP contribution in [0.2, 0.25) is 30.1 Å². The van der Waals surface area contributed by atoms with Crippen LogP contribution in [0.3, 0.4) is 0 Å². The highest BCUT2D eigenvalue weighted by Crippen LogP contribution is 2.39. The number of halogens is 6. The van der Waals surface area contributed by atoms with Crippen LogP contribution >= 0.6 is 69.6 Å². The Balaban J connectivity index is 0.000000181. The van der Waals surface area contributed by atoms with Crippen molar-refractivity contribution in [1.82, 2.24) is 9.97 Å². The molecule has 16 nitrogen and oxygen atoms in total. The van der Waals surface area contributed by atoms with E-state index in [1.54, 1.807) is 24.8 Å². The van der Waals surface area contributed by atoms with Gasteiger partial charge in [-0.1, -0.05) is 69.6 Å². The lowest BCUT2D eigenvalue weighted by Gasteiger charge is -2.34. The molecule has 0 radical (unpaired) electrons. The molecule has 3 N–H and O–H groups in total. The van der Waals surface area contributed by atoms with E-state index in [-0.39, 0.29) is 40.9 Å². The Bertz CT molecular complexity index is 3710. The Morgan fingerprint density at radius 2 is 0.724 bits per heavy atom. The number of hydrogen-bond acceptors (Lipinski definition) is 16. The van der Waals surface area contributed by atoms with Crippen molar-refractivity contribution in [1.29, 1.82) is 0 Å². The van der Waals surface area contributed by atoms with E-state index in [2.05, 4.69) is 89.1 Å². The van der Waals surface area contributed by atoms with E-state index in [0.29, 0.717) is 21.2 Å². The van der Waals surface area contributed by atoms with Crippen LogP contribution in [0.5, 0.6) is 40.2 Å². The Morgan fingerprint density at radius 1 is 0.388 bits per heavy atom. The summed E-state index contributed by atoms with van der Waals surface area (Å²) in [7, 11) is 0. The predicted octanol–water partition coefficient (Wildman–Crippen LogP) is 20.7. The maximum atomic E-state index is 5.95. The maximum absolute atomic E-state index is 5.95. The van der Waals surface area contributed by atoms with Crippen LogP contribution in [-0.2, 0) is 6.42 Å². The number of nitrogens with zero attached hydrogens (tertiary/aromatic N) is 5. The third-order valence-electron chi connectivity index (χ3n) is 16.1. The molecular weight excluding hydrogens is 1370 g/mol. The highest BCUT2D eigenvalue weighted by atomic mass is 35.5. The lowest BCUT2D eigenvalue weighted by Crippen LogP contribution is -2.38. The van der Waals surface area contributed by atoms with E-state index in [0.717, 1.165) is 171 Å². The molecule has 16 rings (SSSR count). The molecule has 10 heterocycles. The number of nitrogens with one attached hydrogen (secondary N) is 3. The smallest absolute Gasteiger partial charge is 0.152 e. The zero-order valence-corrected chi connectivity index (χ0v) is 61.9. The van der Waals surface area contributed by atoms with E-state index in [4.69, 9.17) is 107 Å². The van der Waals surface area contributed by atoms with E-state index < -0.39 is 0 Å². The van der Waals surface area contributed by atoms with Gasteiger partial charge in [0.25, 0.3) is 0 Å². The van der Waals surface area contributed by atoms with Crippen molar-refractivity contribution >= 4 is 115 Å². The second kappa shape index (κ2) is 35.9. The first kappa shape index (κ1) is 74.5. The SMILES string of the molecule is CC1CNc2ccc(Cl)cc2O1.CC1Cc2ccncc2O1.CCN1CC(C)Oc2ccc(Cl)cc21.CCN1C[C@@H](C)Oc2ccc(Cl)cc21.CCN1C[C@H](C)Oc2ccc(Cl)cc21.C[C@@H]1CNc2ccc(Cl)cc2O1.C[C@H]1CNc2ccc(Cl)cc2O1.Cc1cc2ccncc2o1.[HH].[HH].[HH]. The van der Waals surface area contributed by atoms with Gasteiger partial charge >= 0.3 is 0 Å². The summed E-state index contributed by atoms with van der Waals surface area (Å²) in [5.74, 6) is 7.25. The molecule has 9 aromatic rings. The summed E-state index contributed by atoms with van der Waals surface area (Å²) in [4.78, 5) is 14.8. The number of anilines is 6. The van der Waals surface area contributed by atoms with Crippen molar-refractivity contribution in [2.75, 3.05) is 89.6 Å². The van der Waals surface area contributed by atoms with Gasteiger partial charge in [-0.2, -0.15) is 0 Å². The molecule has 6 aromatic carbocycles. The molecule has 7 aliphatic heterocycles. The zero-order chi connectivity index (χ0) is 70.0. The van der Waals surface area contributed by atoms with Gasteiger partial charge in [-0.15, -0.1) is 0 Å². The summed E-state index contributed by atoms with van der Waals surface area (Å²) in [6, 6.07) is 40.1. The number of rotatable bonds is 3. The van der Waals surface area contributed by atoms with Crippen LogP contribution in [0.4, 0.5) is 34.1 Å². The third-order valence-corrected chi connectivity index (χ3v) is 17.5. The number of benzene rings is 6. The summed E-state index contributed by atoms with van der Waals surface area (Å²) in [5.41, 5.74) is 8.55. The van der Waals surface area contributed by atoms with Crippen molar-refractivity contribution < 1.29 is 41.9 Å². The lowest BCUT2D eigenvalue weighted by molar-refractivity contribution is 0.213. The van der Waals surface area contributed by atoms with Crippen molar-refractivity contribution in [3.63, 3.8) is 0 Å². The third kappa shape index (κ3) is 21.4. The van der Waals surface area contributed by atoms with Crippen molar-refractivity contribution in [2.45, 2.75) is 125 Å². The maximum Gasteiger partial charge on any atom is 0.152 e. The molecule has 0 bridgehead atoms. The molecule has 7 atom stereocenters. The molecule has 3 unspecified atom stereocenters. The minimum atomic E-state index is 0. The van der Waals surface area contributed by atoms with Gasteiger partial charge in [-0.05, 0) is 185 Å². The number of hydrogen-bond donors (Lipinski definition) is 3. The Labute approximate surface area is 611 Å². The molecule has 7 aliphatic rings. The van der Waals surface area contributed by atoms with Crippen LogP contribution in [0, 0.1) is 6.92 Å². The lowest BCUT2D eigenvalue weighted by atomic mass is 10.2. The van der Waals surface area contributed by atoms with Gasteiger partial charge in [0.1, 0.15) is 88.7 Å². The minimum Gasteiger partial charge on any atom is -0.488 e. The van der Waals surface area contributed by atoms with Gasteiger partial charge in [-0.3, -0.25) is 9.97 Å². The van der Waals surface area contributed by atoms with E-state index >= 15 is 0 Å². The average molecular weight is 1460 g/mol. The first-order valence-electron chi connectivity index (χ1n) is 33.2. The number of furan rings is 1. The summed E-state index contributed by atoms with van der Waals surface area (Å²) >= 11 is 35.3. The van der Waals surface area contributed by atoms with E-state index in [1.165, 1.54) is 5.56 Å². The quantitative estimate of drug-likeness (QED) is 0.154. The van der Waals surface area contributed by atoms with Crippen molar-refractivity contribution in [3.05, 3.63) is 194 Å². The normalized spacial score (nSPS) is 19.6. The fourth-order valence-electron chi connectivity index (χ4n) is 11.4. The summed E-state index contributed by atoms with van der Waals surface area (Å²) in [5, 5.41) is 15.3. The average Bonchev–Trinajstić information content (AvgIpc) is 1.81. The number of aryl methyl sites for hydroxylation is 1. The summed E-state index contributed by atoms with van der Waals surface area (Å²) in [6.45, 7) is 31.1. The fraction of sp³-hybridized carbons (Fsp3) is 0.368. The standard InChI is InChI=1S/3C11H14ClNO.3C9H10ClNO.C8H9NO.C8H7NO.3H2/c3*1-3-13-7-8(2)14-11-5-4-9(12)6-10(11)13;3*1-6-5-11-8-3-2-7(10)4-9(8)12-6;2*1-6-4-7-2-3-9-5-8(7)10-6;;;/h3*4-6,8H,3,7H2,1-2H3;3*2-4,6,11H,5H2,1H3;2-3,5-6H,4H2,1H3;2-5H,1H3;3*1H/t2*8-;;2*6-;;;;;;/m10.10....../s1. The van der Waals surface area contributed by atoms with Crippen molar-refractivity contribution in [3.8, 4) is 40.2 Å². The molecule has 0 fully saturated rings. The molecule has 0 amide bonds. The van der Waals surface area contributed by atoms with Crippen LogP contribution in [-0.4, -0.2) is 112 Å². The Hall–Kier alpha value is -7.70. The van der Waals surface area contributed by atoms with Gasteiger partial charge in [0.2, 0.25) is 0 Å². The largest absolute Gasteiger partial charge is 0.488 e. The molecule has 0 aliphatic carbocycles. The van der Waals surface area contributed by atoms with Crippen LogP contribution in [0.25, 0.3) is 11.0 Å². The van der Waals surface area contributed by atoms with Gasteiger partial charge in [0.15, 0.2) is 5.58 Å². The molecule has 0 saturated carbocycles. The molecule has 0 spiro atoms. The Kier molecular flexibility index (Phi) is 27.3. The number of fused-ring (bicyclic) bond motifs is 8. The topological polar surface area (TPSA) is 149 Å².